The number of nitrogens with one attached hydrogen (secondary N) is 1. The van der Waals surface area contributed by atoms with Gasteiger partial charge in [0, 0.05) is 48.9 Å². The Balaban J connectivity index is 1.49. The predicted octanol–water partition coefficient (Wildman–Crippen LogP) is 4.96. The van der Waals surface area contributed by atoms with E-state index < -0.39 is 35.1 Å². The second-order valence-electron chi connectivity index (χ2n) is 14.3. The molecular formula is C36H41F2N8O4+. The Labute approximate surface area is 287 Å². The van der Waals surface area contributed by atoms with Crippen LogP contribution < -0.4 is 15.2 Å². The first-order valence-corrected chi connectivity index (χ1v) is 17.0. The SMILES string of the molecule is CC1c2nccc(CCCCO)c2-n2c(=O)nc(N3C[C@@H](C)N(C(=O)OC(C)(C)C)C[C@@H]3C)c3cc(F)c(-c4c(F)ccc5cn[nH]c45)[n+]1c32. The van der Waals surface area contributed by atoms with Crippen LogP contribution in [0.15, 0.2) is 41.5 Å². The number of nitrogens with zero attached hydrogens (tertiary/aromatic N) is 7. The number of aromatic amines is 1. The molecule has 2 aliphatic rings. The Morgan fingerprint density at radius 1 is 1.10 bits per heavy atom. The Morgan fingerprint density at radius 2 is 1.88 bits per heavy atom. The average molecular weight is 688 g/mol. The number of carbonyl (C=O) groups excluding carboxylic acids is 1. The van der Waals surface area contributed by atoms with E-state index in [2.05, 4.69) is 20.2 Å². The fourth-order valence-corrected chi connectivity index (χ4v) is 7.38. The van der Waals surface area contributed by atoms with Gasteiger partial charge in [-0.05, 0) is 85.1 Å². The van der Waals surface area contributed by atoms with Gasteiger partial charge in [0.15, 0.2) is 23.0 Å². The number of aliphatic hydroxyl groups is 1. The smallest absolute Gasteiger partial charge is 0.442 e. The number of aryl methyl sites for hydroxylation is 1. The molecule has 7 rings (SSSR count). The van der Waals surface area contributed by atoms with Crippen molar-refractivity contribution in [1.82, 2.24) is 29.6 Å². The molecule has 50 heavy (non-hydrogen) atoms. The number of carbonyl (C=O) groups is 1. The molecule has 1 saturated heterocycles. The monoisotopic (exact) mass is 687 g/mol. The molecule has 0 spiro atoms. The van der Waals surface area contributed by atoms with Gasteiger partial charge in [-0.1, -0.05) is 0 Å². The zero-order chi connectivity index (χ0) is 35.6. The Bertz CT molecular complexity index is 2210. The molecule has 12 nitrogen and oxygen atoms in total. The maximum Gasteiger partial charge on any atom is 0.442 e. The molecule has 1 aromatic carbocycles. The van der Waals surface area contributed by atoms with E-state index in [1.54, 1.807) is 27.9 Å². The molecular weight excluding hydrogens is 646 g/mol. The van der Waals surface area contributed by atoms with Gasteiger partial charge in [0.25, 0.3) is 0 Å². The third-order valence-electron chi connectivity index (χ3n) is 9.64. The van der Waals surface area contributed by atoms with E-state index in [-0.39, 0.29) is 42.3 Å². The number of pyridine rings is 2. The van der Waals surface area contributed by atoms with E-state index in [0.29, 0.717) is 59.1 Å². The number of piperazine rings is 1. The summed E-state index contributed by atoms with van der Waals surface area (Å²) in [5.74, 6) is -1.10. The van der Waals surface area contributed by atoms with Crippen LogP contribution in [0.1, 0.15) is 71.7 Å². The van der Waals surface area contributed by atoms with Crippen molar-refractivity contribution >= 4 is 33.8 Å². The van der Waals surface area contributed by atoms with Crippen LogP contribution in [0.25, 0.3) is 38.9 Å². The van der Waals surface area contributed by atoms with Crippen molar-refractivity contribution in [3.05, 3.63) is 70.0 Å². The zero-order valence-corrected chi connectivity index (χ0v) is 29.0. The van der Waals surface area contributed by atoms with Crippen LogP contribution in [0.3, 0.4) is 0 Å². The molecule has 6 heterocycles. The summed E-state index contributed by atoms with van der Waals surface area (Å²) in [5, 5.41) is 17.4. The lowest BCUT2D eigenvalue weighted by atomic mass is 9.98. The minimum atomic E-state index is -0.714. The van der Waals surface area contributed by atoms with Crippen molar-refractivity contribution in [3.63, 3.8) is 0 Å². The van der Waals surface area contributed by atoms with Gasteiger partial charge in [-0.2, -0.15) is 10.1 Å². The number of H-pyrrole nitrogens is 1. The minimum Gasteiger partial charge on any atom is -0.444 e. The maximum atomic E-state index is 16.9. The van der Waals surface area contributed by atoms with Crippen molar-refractivity contribution < 1.29 is 28.0 Å². The molecule has 14 heteroatoms. The van der Waals surface area contributed by atoms with E-state index in [0.717, 1.165) is 5.56 Å². The lowest BCUT2D eigenvalue weighted by Gasteiger charge is -2.44. The first-order valence-electron chi connectivity index (χ1n) is 17.0. The maximum absolute atomic E-state index is 16.9. The van der Waals surface area contributed by atoms with Crippen molar-refractivity contribution in [2.45, 2.75) is 84.5 Å². The van der Waals surface area contributed by atoms with Crippen LogP contribution in [0, 0.1) is 11.6 Å². The minimum absolute atomic E-state index is 0.0147. The Kier molecular flexibility index (Phi) is 8.32. The topological polar surface area (TPSA) is 133 Å². The number of benzene rings is 1. The number of hydrogen-bond donors (Lipinski definition) is 2. The van der Waals surface area contributed by atoms with Gasteiger partial charge in [0.05, 0.1) is 17.3 Å². The highest BCUT2D eigenvalue weighted by Crippen LogP contribution is 2.39. The van der Waals surface area contributed by atoms with Gasteiger partial charge in [-0.3, -0.25) is 10.1 Å². The molecule has 1 fully saturated rings. The summed E-state index contributed by atoms with van der Waals surface area (Å²) >= 11 is 0. The van der Waals surface area contributed by atoms with E-state index in [9.17, 15) is 14.7 Å². The summed E-state index contributed by atoms with van der Waals surface area (Å²) < 4.78 is 41.6. The Morgan fingerprint density at radius 3 is 2.62 bits per heavy atom. The number of halogens is 2. The van der Waals surface area contributed by atoms with Gasteiger partial charge in [-0.25, -0.2) is 22.9 Å². The summed E-state index contributed by atoms with van der Waals surface area (Å²) in [7, 11) is 0. The predicted molar refractivity (Wildman–Crippen MR) is 183 cm³/mol. The highest BCUT2D eigenvalue weighted by atomic mass is 19.1. The number of fused-ring (bicyclic) bond motifs is 3. The summed E-state index contributed by atoms with van der Waals surface area (Å²) in [6, 6.07) is 4.75. The van der Waals surface area contributed by atoms with Crippen LogP contribution in [0.2, 0.25) is 0 Å². The number of anilines is 1. The first-order chi connectivity index (χ1) is 23.8. The van der Waals surface area contributed by atoms with Crippen molar-refractivity contribution in [2.75, 3.05) is 24.6 Å². The molecule has 0 radical (unpaired) electrons. The first kappa shape index (κ1) is 33.5. The van der Waals surface area contributed by atoms with Crippen molar-refractivity contribution in [1.29, 1.82) is 0 Å². The molecule has 0 aliphatic carbocycles. The highest BCUT2D eigenvalue weighted by Gasteiger charge is 2.43. The number of unbranched alkanes of at least 4 members (excludes halogenated alkanes) is 1. The van der Waals surface area contributed by atoms with Crippen LogP contribution in [-0.2, 0) is 11.2 Å². The summed E-state index contributed by atoms with van der Waals surface area (Å²) in [5.41, 5.74) is 1.22. The average Bonchev–Trinajstić information content (AvgIpc) is 3.53. The summed E-state index contributed by atoms with van der Waals surface area (Å²) in [4.78, 5) is 40.4. The number of ether oxygens (including phenoxy) is 1. The second kappa shape index (κ2) is 12.4. The second-order valence-corrected chi connectivity index (χ2v) is 14.3. The van der Waals surface area contributed by atoms with Crippen molar-refractivity contribution in [3.8, 4) is 16.9 Å². The molecule has 0 bridgehead atoms. The molecule has 262 valence electrons. The van der Waals surface area contributed by atoms with Crippen LogP contribution in [0.5, 0.6) is 0 Å². The third-order valence-corrected chi connectivity index (χ3v) is 9.64. The molecule has 4 aromatic heterocycles. The van der Waals surface area contributed by atoms with E-state index >= 15 is 8.78 Å². The molecule has 2 aliphatic heterocycles. The number of rotatable bonds is 6. The Hall–Kier alpha value is -4.98. The highest BCUT2D eigenvalue weighted by molar-refractivity contribution is 5.94. The molecule has 5 aromatic rings. The zero-order valence-electron chi connectivity index (χ0n) is 29.0. The number of aromatic nitrogens is 6. The number of hydrogen-bond acceptors (Lipinski definition) is 8. The van der Waals surface area contributed by atoms with E-state index in [4.69, 9.17) is 4.74 Å². The fraction of sp³-hybridized carbons (Fsp3) is 0.444. The van der Waals surface area contributed by atoms with E-state index in [1.165, 1.54) is 16.7 Å². The molecule has 1 amide bonds. The quantitative estimate of drug-likeness (QED) is 0.189. The molecule has 0 saturated carbocycles. The van der Waals surface area contributed by atoms with E-state index in [1.807, 2.05) is 52.5 Å². The molecule has 3 atom stereocenters. The third kappa shape index (κ3) is 5.45. The van der Waals surface area contributed by atoms with Gasteiger partial charge >= 0.3 is 17.4 Å². The standard InChI is InChI=1S/C36H40F2N8O4/c1-19-18-44(35(49)50-36(4,5)6)20(2)17-43(19)32-24-15-26(38)31(27-25(37)11-10-23-16-40-42-29(23)27)45-21(3)28-30(46(33(24)45)34(48)41-32)22(12-13-39-28)9-7-8-14-47/h10-13,15-16,19-21,47H,7-9,14,17-18H2,1-6H3/p+1/t19-,20+,21?/m0/s1. The van der Waals surface area contributed by atoms with Gasteiger partial charge in [0.1, 0.15) is 28.5 Å². The molecule has 1 unspecified atom stereocenters. The van der Waals surface area contributed by atoms with Crippen LogP contribution in [0.4, 0.5) is 19.4 Å². The lowest BCUT2D eigenvalue weighted by molar-refractivity contribution is -0.680. The lowest BCUT2D eigenvalue weighted by Crippen LogP contribution is -2.59. The number of aliphatic hydroxyl groups excluding tert-OH is 1. The van der Waals surface area contributed by atoms with Crippen molar-refractivity contribution in [2.24, 2.45) is 0 Å². The van der Waals surface area contributed by atoms with Gasteiger partial charge in [0.2, 0.25) is 0 Å². The van der Waals surface area contributed by atoms with Gasteiger partial charge in [-0.15, -0.1) is 4.57 Å². The number of amides is 1. The largest absolute Gasteiger partial charge is 0.444 e. The van der Waals surface area contributed by atoms with Crippen LogP contribution in [-0.4, -0.2) is 78.2 Å². The fourth-order valence-electron chi connectivity index (χ4n) is 7.38. The van der Waals surface area contributed by atoms with Crippen LogP contribution >= 0.6 is 0 Å². The normalized spacial score (nSPS) is 18.9. The summed E-state index contributed by atoms with van der Waals surface area (Å²) in [6.07, 6.45) is 4.57. The molecule has 2 N–H and O–H groups in total. The summed E-state index contributed by atoms with van der Waals surface area (Å²) in [6.45, 7) is 11.7. The van der Waals surface area contributed by atoms with Gasteiger partial charge < -0.3 is 19.6 Å².